The molecule has 4 heteroatoms. The maximum absolute atomic E-state index is 12.6. The SMILES string of the molecule is C#CCC(CC)NC1CCCC(C(F)(F)F)C1. The Bertz CT molecular complexity index is 267. The molecule has 1 nitrogen and oxygen atoms in total. The highest BCUT2D eigenvalue weighted by Crippen LogP contribution is 2.37. The largest absolute Gasteiger partial charge is 0.391 e. The number of hydrogen-bond acceptors (Lipinski definition) is 1. The molecule has 0 aromatic heterocycles. The maximum atomic E-state index is 12.6. The lowest BCUT2D eigenvalue weighted by atomic mass is 9.85. The summed E-state index contributed by atoms with van der Waals surface area (Å²) in [6, 6.07) is 0.116. The molecular formula is C13H20F3N. The summed E-state index contributed by atoms with van der Waals surface area (Å²) in [7, 11) is 0. The van der Waals surface area contributed by atoms with Crippen LogP contribution in [0.2, 0.25) is 0 Å². The lowest BCUT2D eigenvalue weighted by molar-refractivity contribution is -0.183. The predicted octanol–water partition coefficient (Wildman–Crippen LogP) is 3.50. The van der Waals surface area contributed by atoms with Crippen LogP contribution in [0.4, 0.5) is 13.2 Å². The lowest BCUT2D eigenvalue weighted by Gasteiger charge is -2.33. The monoisotopic (exact) mass is 247 g/mol. The van der Waals surface area contributed by atoms with Crippen molar-refractivity contribution in [3.63, 3.8) is 0 Å². The molecule has 17 heavy (non-hydrogen) atoms. The summed E-state index contributed by atoms with van der Waals surface area (Å²) in [4.78, 5) is 0. The molecule has 0 heterocycles. The van der Waals surface area contributed by atoms with Gasteiger partial charge < -0.3 is 5.32 Å². The molecule has 0 bridgehead atoms. The van der Waals surface area contributed by atoms with Crippen LogP contribution in [-0.4, -0.2) is 18.3 Å². The average Bonchev–Trinajstić information content (AvgIpc) is 2.28. The van der Waals surface area contributed by atoms with Gasteiger partial charge in [0.05, 0.1) is 5.92 Å². The van der Waals surface area contributed by atoms with Crippen molar-refractivity contribution in [2.24, 2.45) is 5.92 Å². The van der Waals surface area contributed by atoms with E-state index in [9.17, 15) is 13.2 Å². The van der Waals surface area contributed by atoms with Gasteiger partial charge >= 0.3 is 6.18 Å². The van der Waals surface area contributed by atoms with Crippen LogP contribution in [0.25, 0.3) is 0 Å². The van der Waals surface area contributed by atoms with E-state index in [4.69, 9.17) is 6.42 Å². The fourth-order valence-corrected chi connectivity index (χ4v) is 2.44. The van der Waals surface area contributed by atoms with Gasteiger partial charge in [-0.2, -0.15) is 13.2 Å². The Hall–Kier alpha value is -0.690. The molecule has 0 amide bonds. The van der Waals surface area contributed by atoms with E-state index in [1.165, 1.54) is 0 Å². The van der Waals surface area contributed by atoms with Crippen molar-refractivity contribution in [1.29, 1.82) is 0 Å². The molecule has 0 spiro atoms. The third-order valence-electron chi connectivity index (χ3n) is 3.47. The van der Waals surface area contributed by atoms with Crippen molar-refractivity contribution in [3.05, 3.63) is 0 Å². The third-order valence-corrected chi connectivity index (χ3v) is 3.47. The zero-order valence-corrected chi connectivity index (χ0v) is 10.2. The molecule has 98 valence electrons. The van der Waals surface area contributed by atoms with Crippen molar-refractivity contribution in [3.8, 4) is 12.3 Å². The van der Waals surface area contributed by atoms with Crippen molar-refractivity contribution in [2.45, 2.75) is 63.7 Å². The summed E-state index contributed by atoms with van der Waals surface area (Å²) in [5.74, 6) is 1.42. The first-order valence-corrected chi connectivity index (χ1v) is 6.23. The number of nitrogens with one attached hydrogen (secondary N) is 1. The van der Waals surface area contributed by atoms with E-state index < -0.39 is 12.1 Å². The molecule has 0 aromatic rings. The highest BCUT2D eigenvalue weighted by atomic mass is 19.4. The first-order valence-electron chi connectivity index (χ1n) is 6.23. The highest BCUT2D eigenvalue weighted by molar-refractivity contribution is 4.91. The Labute approximate surface area is 101 Å². The van der Waals surface area contributed by atoms with Gasteiger partial charge in [0.25, 0.3) is 0 Å². The Kier molecular flexibility index (Phi) is 5.32. The Morgan fingerprint density at radius 2 is 2.12 bits per heavy atom. The summed E-state index contributed by atoms with van der Waals surface area (Å²) in [6.07, 6.45) is 4.58. The van der Waals surface area contributed by atoms with E-state index in [0.717, 1.165) is 12.8 Å². The third kappa shape index (κ3) is 4.59. The van der Waals surface area contributed by atoms with Gasteiger partial charge in [-0.15, -0.1) is 12.3 Å². The minimum atomic E-state index is -4.05. The molecule has 0 aromatic carbocycles. The van der Waals surface area contributed by atoms with Crippen molar-refractivity contribution in [1.82, 2.24) is 5.32 Å². The zero-order valence-electron chi connectivity index (χ0n) is 10.2. The Balaban J connectivity index is 2.47. The highest BCUT2D eigenvalue weighted by Gasteiger charge is 2.42. The molecule has 1 saturated carbocycles. The molecule has 0 saturated heterocycles. The molecular weight excluding hydrogens is 227 g/mol. The minimum Gasteiger partial charge on any atom is -0.310 e. The second-order valence-corrected chi connectivity index (χ2v) is 4.78. The average molecular weight is 247 g/mol. The molecule has 1 rings (SSSR count). The number of halogens is 3. The second-order valence-electron chi connectivity index (χ2n) is 4.78. The zero-order chi connectivity index (χ0) is 12.9. The Morgan fingerprint density at radius 1 is 1.41 bits per heavy atom. The van der Waals surface area contributed by atoms with Crippen LogP contribution in [-0.2, 0) is 0 Å². The van der Waals surface area contributed by atoms with Gasteiger partial charge in [-0.05, 0) is 25.7 Å². The number of rotatable bonds is 4. The van der Waals surface area contributed by atoms with Crippen LogP contribution in [0, 0.1) is 18.3 Å². The molecule has 1 N–H and O–H groups in total. The molecule has 3 unspecified atom stereocenters. The number of hydrogen-bond donors (Lipinski definition) is 1. The van der Waals surface area contributed by atoms with Gasteiger partial charge in [0.15, 0.2) is 0 Å². The van der Waals surface area contributed by atoms with Crippen molar-refractivity contribution >= 4 is 0 Å². The minimum absolute atomic E-state index is 0.0336. The topological polar surface area (TPSA) is 12.0 Å². The van der Waals surface area contributed by atoms with E-state index in [1.807, 2.05) is 6.92 Å². The number of terminal acetylenes is 1. The standard InChI is InChI=1S/C13H20F3N/c1-3-6-11(4-2)17-12-8-5-7-10(9-12)13(14,15)16/h1,10-12,17H,4-9H2,2H3. The van der Waals surface area contributed by atoms with Crippen LogP contribution in [0.5, 0.6) is 0 Å². The van der Waals surface area contributed by atoms with E-state index in [0.29, 0.717) is 12.8 Å². The predicted molar refractivity (Wildman–Crippen MR) is 62.5 cm³/mol. The van der Waals surface area contributed by atoms with E-state index in [-0.39, 0.29) is 24.9 Å². The quantitative estimate of drug-likeness (QED) is 0.750. The fourth-order valence-electron chi connectivity index (χ4n) is 2.44. The van der Waals surface area contributed by atoms with Gasteiger partial charge in [-0.1, -0.05) is 13.3 Å². The van der Waals surface area contributed by atoms with Crippen LogP contribution in [0.15, 0.2) is 0 Å². The fraction of sp³-hybridized carbons (Fsp3) is 0.846. The molecule has 1 fully saturated rings. The number of alkyl halides is 3. The molecule has 3 atom stereocenters. The van der Waals surface area contributed by atoms with Crippen LogP contribution in [0.3, 0.4) is 0 Å². The first-order chi connectivity index (χ1) is 7.97. The van der Waals surface area contributed by atoms with Gasteiger partial charge in [0.2, 0.25) is 0 Å². The maximum Gasteiger partial charge on any atom is 0.391 e. The van der Waals surface area contributed by atoms with E-state index >= 15 is 0 Å². The summed E-state index contributed by atoms with van der Waals surface area (Å²) in [5.41, 5.74) is 0. The van der Waals surface area contributed by atoms with Gasteiger partial charge in [0.1, 0.15) is 0 Å². The molecule has 1 aliphatic carbocycles. The molecule has 0 radical (unpaired) electrons. The normalized spacial score (nSPS) is 27.5. The first kappa shape index (κ1) is 14.4. The Morgan fingerprint density at radius 3 is 2.65 bits per heavy atom. The van der Waals surface area contributed by atoms with Gasteiger partial charge in [-0.25, -0.2) is 0 Å². The smallest absolute Gasteiger partial charge is 0.310 e. The summed E-state index contributed by atoms with van der Waals surface area (Å²) < 4.78 is 37.9. The summed E-state index contributed by atoms with van der Waals surface area (Å²) in [5, 5.41) is 3.27. The van der Waals surface area contributed by atoms with Crippen molar-refractivity contribution in [2.75, 3.05) is 0 Å². The van der Waals surface area contributed by atoms with Crippen LogP contribution < -0.4 is 5.32 Å². The second kappa shape index (κ2) is 6.30. The van der Waals surface area contributed by atoms with Crippen LogP contribution in [0.1, 0.15) is 45.4 Å². The van der Waals surface area contributed by atoms with E-state index in [1.54, 1.807) is 0 Å². The van der Waals surface area contributed by atoms with Gasteiger partial charge in [-0.3, -0.25) is 0 Å². The van der Waals surface area contributed by atoms with Crippen LogP contribution >= 0.6 is 0 Å². The molecule has 1 aliphatic rings. The molecule has 0 aliphatic heterocycles. The van der Waals surface area contributed by atoms with Gasteiger partial charge in [0, 0.05) is 18.5 Å². The summed E-state index contributed by atoms with van der Waals surface area (Å²) in [6.45, 7) is 2.00. The summed E-state index contributed by atoms with van der Waals surface area (Å²) >= 11 is 0. The van der Waals surface area contributed by atoms with Crippen molar-refractivity contribution < 1.29 is 13.2 Å². The van der Waals surface area contributed by atoms with E-state index in [2.05, 4.69) is 11.2 Å². The lowest BCUT2D eigenvalue weighted by Crippen LogP contribution is -2.43.